The van der Waals surface area contributed by atoms with Crippen molar-refractivity contribution in [1.82, 2.24) is 20.2 Å². The highest BCUT2D eigenvalue weighted by Crippen LogP contribution is 2.23. The molecule has 3 aromatic rings. The van der Waals surface area contributed by atoms with E-state index in [-0.39, 0.29) is 24.1 Å². The third-order valence-electron chi connectivity index (χ3n) is 4.59. The Bertz CT molecular complexity index is 970. The minimum absolute atomic E-state index is 0.0612. The minimum atomic E-state index is -0.545. The molecule has 2 N–H and O–H groups in total. The van der Waals surface area contributed by atoms with Crippen LogP contribution in [-0.4, -0.2) is 21.4 Å². The molecule has 3 rings (SSSR count). The molecule has 29 heavy (non-hydrogen) atoms. The fourth-order valence-electron chi connectivity index (χ4n) is 3.20. The molecule has 0 saturated carbocycles. The predicted molar refractivity (Wildman–Crippen MR) is 107 cm³/mol. The standard InChI is InChI=1S/C22H23FN4O2/c1-15(28)25-19(16-6-4-3-5-7-16)14-20(29)26-21(22-24-12-13-27(22)2)17-8-10-18(23)11-9-17/h3-13,19,21H,14H2,1-2H3,(H,25,28)(H,26,29). The van der Waals surface area contributed by atoms with Gasteiger partial charge in [-0.15, -0.1) is 0 Å². The van der Waals surface area contributed by atoms with E-state index in [9.17, 15) is 14.0 Å². The fraction of sp³-hybridized carbons (Fsp3) is 0.227. The Balaban J connectivity index is 1.83. The minimum Gasteiger partial charge on any atom is -0.349 e. The summed E-state index contributed by atoms with van der Waals surface area (Å²) in [5, 5.41) is 5.80. The fourth-order valence-corrected chi connectivity index (χ4v) is 3.20. The average Bonchev–Trinajstić information content (AvgIpc) is 3.12. The molecule has 7 heteroatoms. The van der Waals surface area contributed by atoms with Crippen molar-refractivity contribution in [3.05, 3.63) is 89.8 Å². The number of halogens is 1. The van der Waals surface area contributed by atoms with Gasteiger partial charge in [-0.3, -0.25) is 9.59 Å². The number of aryl methyl sites for hydroxylation is 1. The number of nitrogens with one attached hydrogen (secondary N) is 2. The van der Waals surface area contributed by atoms with E-state index in [0.29, 0.717) is 11.4 Å². The Morgan fingerprint density at radius 3 is 2.31 bits per heavy atom. The molecule has 150 valence electrons. The number of carbonyl (C=O) groups is 2. The Kier molecular flexibility index (Phi) is 6.39. The summed E-state index contributed by atoms with van der Waals surface area (Å²) in [6.07, 6.45) is 3.48. The molecule has 0 spiro atoms. The van der Waals surface area contributed by atoms with Gasteiger partial charge < -0.3 is 15.2 Å². The summed E-state index contributed by atoms with van der Waals surface area (Å²) in [5.41, 5.74) is 1.55. The quantitative estimate of drug-likeness (QED) is 0.647. The van der Waals surface area contributed by atoms with Crippen LogP contribution < -0.4 is 10.6 Å². The van der Waals surface area contributed by atoms with Gasteiger partial charge in [0.1, 0.15) is 17.7 Å². The second-order valence-electron chi connectivity index (χ2n) is 6.82. The molecule has 2 atom stereocenters. The van der Waals surface area contributed by atoms with Gasteiger partial charge in [0.05, 0.1) is 12.5 Å². The molecule has 2 aromatic carbocycles. The van der Waals surface area contributed by atoms with Crippen LogP contribution in [0, 0.1) is 5.82 Å². The van der Waals surface area contributed by atoms with Crippen LogP contribution in [0.15, 0.2) is 67.0 Å². The second kappa shape index (κ2) is 9.14. The lowest BCUT2D eigenvalue weighted by molar-refractivity contribution is -0.123. The highest BCUT2D eigenvalue weighted by molar-refractivity contribution is 5.79. The highest BCUT2D eigenvalue weighted by Gasteiger charge is 2.23. The van der Waals surface area contributed by atoms with E-state index in [1.807, 2.05) is 37.4 Å². The summed E-state index contributed by atoms with van der Waals surface area (Å²) in [7, 11) is 1.83. The van der Waals surface area contributed by atoms with E-state index in [0.717, 1.165) is 5.56 Å². The van der Waals surface area contributed by atoms with Gasteiger partial charge in [0.2, 0.25) is 11.8 Å². The molecule has 0 aliphatic heterocycles. The molecule has 0 saturated heterocycles. The van der Waals surface area contributed by atoms with Crippen LogP contribution in [0.25, 0.3) is 0 Å². The number of rotatable bonds is 7. The van der Waals surface area contributed by atoms with Crippen molar-refractivity contribution in [2.45, 2.75) is 25.4 Å². The van der Waals surface area contributed by atoms with Crippen molar-refractivity contribution < 1.29 is 14.0 Å². The first-order valence-corrected chi connectivity index (χ1v) is 9.28. The van der Waals surface area contributed by atoms with Crippen molar-refractivity contribution in [3.8, 4) is 0 Å². The topological polar surface area (TPSA) is 76.0 Å². The summed E-state index contributed by atoms with van der Waals surface area (Å²) in [6.45, 7) is 1.42. The van der Waals surface area contributed by atoms with Gasteiger partial charge >= 0.3 is 0 Å². The Morgan fingerprint density at radius 1 is 1.03 bits per heavy atom. The maximum atomic E-state index is 13.4. The zero-order valence-corrected chi connectivity index (χ0v) is 16.3. The molecule has 6 nitrogen and oxygen atoms in total. The van der Waals surface area contributed by atoms with Crippen molar-refractivity contribution in [1.29, 1.82) is 0 Å². The zero-order chi connectivity index (χ0) is 20.8. The lowest BCUT2D eigenvalue weighted by Crippen LogP contribution is -2.35. The first-order chi connectivity index (χ1) is 13.9. The normalized spacial score (nSPS) is 12.8. The van der Waals surface area contributed by atoms with Crippen LogP contribution in [-0.2, 0) is 16.6 Å². The number of amides is 2. The number of imidazole rings is 1. The number of hydrogen-bond acceptors (Lipinski definition) is 3. The Labute approximate surface area is 168 Å². The van der Waals surface area contributed by atoms with Gasteiger partial charge in [0.25, 0.3) is 0 Å². The van der Waals surface area contributed by atoms with E-state index < -0.39 is 12.1 Å². The van der Waals surface area contributed by atoms with E-state index in [1.54, 1.807) is 29.1 Å². The van der Waals surface area contributed by atoms with Crippen LogP contribution >= 0.6 is 0 Å². The lowest BCUT2D eigenvalue weighted by atomic mass is 10.0. The van der Waals surface area contributed by atoms with Crippen molar-refractivity contribution in [2.75, 3.05) is 0 Å². The molecule has 0 aliphatic carbocycles. The summed E-state index contributed by atoms with van der Waals surface area (Å²) in [5.74, 6) is -0.204. The number of hydrogen-bond donors (Lipinski definition) is 2. The lowest BCUT2D eigenvalue weighted by Gasteiger charge is -2.22. The van der Waals surface area contributed by atoms with Crippen LogP contribution in [0.5, 0.6) is 0 Å². The van der Waals surface area contributed by atoms with Crippen molar-refractivity contribution in [2.24, 2.45) is 7.05 Å². The molecule has 1 aromatic heterocycles. The molecule has 2 unspecified atom stereocenters. The molecule has 0 bridgehead atoms. The first-order valence-electron chi connectivity index (χ1n) is 9.28. The van der Waals surface area contributed by atoms with Crippen LogP contribution in [0.1, 0.15) is 42.4 Å². The number of benzene rings is 2. The summed E-state index contributed by atoms with van der Waals surface area (Å²) >= 11 is 0. The Hall–Kier alpha value is -3.48. The largest absolute Gasteiger partial charge is 0.349 e. The van der Waals surface area contributed by atoms with Gasteiger partial charge in [0, 0.05) is 26.4 Å². The number of aromatic nitrogens is 2. The molecule has 1 heterocycles. The zero-order valence-electron chi connectivity index (χ0n) is 16.3. The third-order valence-corrected chi connectivity index (χ3v) is 4.59. The van der Waals surface area contributed by atoms with E-state index in [2.05, 4.69) is 15.6 Å². The first kappa shape index (κ1) is 20.3. The third kappa shape index (κ3) is 5.28. The molecule has 0 fully saturated rings. The van der Waals surface area contributed by atoms with Crippen molar-refractivity contribution in [3.63, 3.8) is 0 Å². The maximum absolute atomic E-state index is 13.4. The van der Waals surface area contributed by atoms with E-state index >= 15 is 0 Å². The Morgan fingerprint density at radius 2 is 1.72 bits per heavy atom. The van der Waals surface area contributed by atoms with Gasteiger partial charge in [-0.1, -0.05) is 42.5 Å². The van der Waals surface area contributed by atoms with Gasteiger partial charge in [-0.05, 0) is 23.3 Å². The summed E-state index contributed by atoms with van der Waals surface area (Å²) < 4.78 is 15.2. The molecule has 0 radical (unpaired) electrons. The predicted octanol–water partition coefficient (Wildman–Crippen LogP) is 3.03. The molecule has 0 aliphatic rings. The number of carbonyl (C=O) groups excluding carboxylic acids is 2. The van der Waals surface area contributed by atoms with Crippen LogP contribution in [0.3, 0.4) is 0 Å². The smallest absolute Gasteiger partial charge is 0.223 e. The number of nitrogens with zero attached hydrogens (tertiary/aromatic N) is 2. The SMILES string of the molecule is CC(=O)NC(CC(=O)NC(c1ccc(F)cc1)c1nccn1C)c1ccccc1. The van der Waals surface area contributed by atoms with Crippen LogP contribution in [0.2, 0.25) is 0 Å². The summed E-state index contributed by atoms with van der Waals surface area (Å²) in [4.78, 5) is 28.9. The van der Waals surface area contributed by atoms with Crippen molar-refractivity contribution >= 4 is 11.8 Å². The molecule has 2 amide bonds. The maximum Gasteiger partial charge on any atom is 0.223 e. The molecular weight excluding hydrogens is 371 g/mol. The van der Waals surface area contributed by atoms with Gasteiger partial charge in [0.15, 0.2) is 0 Å². The monoisotopic (exact) mass is 394 g/mol. The van der Waals surface area contributed by atoms with Gasteiger partial charge in [-0.2, -0.15) is 0 Å². The second-order valence-corrected chi connectivity index (χ2v) is 6.82. The van der Waals surface area contributed by atoms with E-state index in [4.69, 9.17) is 0 Å². The summed E-state index contributed by atoms with van der Waals surface area (Å²) in [6, 6.07) is 14.3. The highest BCUT2D eigenvalue weighted by atomic mass is 19.1. The van der Waals surface area contributed by atoms with Gasteiger partial charge in [-0.25, -0.2) is 9.37 Å². The van der Waals surface area contributed by atoms with E-state index in [1.165, 1.54) is 19.1 Å². The van der Waals surface area contributed by atoms with Crippen LogP contribution in [0.4, 0.5) is 4.39 Å². The average molecular weight is 394 g/mol. The molecular formula is C22H23FN4O2.